The number of aromatic nitrogens is 3. The molecule has 10 heteroatoms. The molecular weight excluding hydrogens is 454 g/mol. The lowest BCUT2D eigenvalue weighted by atomic mass is 10.1. The molecule has 0 saturated heterocycles. The van der Waals surface area contributed by atoms with Crippen molar-refractivity contribution in [2.45, 2.75) is 11.7 Å². The number of nitrogens with zero attached hydrogens (tertiary/aromatic N) is 4. The molecule has 34 heavy (non-hydrogen) atoms. The first-order valence-electron chi connectivity index (χ1n) is 10.3. The number of anilines is 1. The number of carbonyl (C=O) groups excluding carboxylic acids is 1. The number of amides is 1. The predicted octanol–water partition coefficient (Wildman–Crippen LogP) is 4.64. The molecule has 3 aromatic carbocycles. The van der Waals surface area contributed by atoms with Crippen molar-refractivity contribution in [3.8, 4) is 17.1 Å². The van der Waals surface area contributed by atoms with E-state index in [0.29, 0.717) is 29.0 Å². The van der Waals surface area contributed by atoms with Crippen LogP contribution in [0.4, 0.5) is 11.4 Å². The van der Waals surface area contributed by atoms with Crippen LogP contribution < -0.4 is 10.1 Å². The molecule has 1 aromatic heterocycles. The summed E-state index contributed by atoms with van der Waals surface area (Å²) in [5.41, 5.74) is 2.12. The van der Waals surface area contributed by atoms with E-state index in [2.05, 4.69) is 15.5 Å². The first kappa shape index (κ1) is 23.0. The molecule has 1 N–H and O–H groups in total. The number of non-ortho nitro benzene ring substituents is 1. The molecule has 0 aliphatic heterocycles. The van der Waals surface area contributed by atoms with Crippen LogP contribution in [0, 0.1) is 10.1 Å². The van der Waals surface area contributed by atoms with Crippen molar-refractivity contribution >= 4 is 29.0 Å². The van der Waals surface area contributed by atoms with E-state index in [4.69, 9.17) is 4.74 Å². The van der Waals surface area contributed by atoms with E-state index < -0.39 is 4.92 Å². The summed E-state index contributed by atoms with van der Waals surface area (Å²) in [6.07, 6.45) is 0. The van der Waals surface area contributed by atoms with Gasteiger partial charge in [0.25, 0.3) is 5.69 Å². The summed E-state index contributed by atoms with van der Waals surface area (Å²) in [6.45, 7) is 0.510. The number of para-hydroxylation sites is 1. The van der Waals surface area contributed by atoms with Crippen molar-refractivity contribution in [3.63, 3.8) is 0 Å². The van der Waals surface area contributed by atoms with Crippen LogP contribution in [0.15, 0.2) is 84.0 Å². The molecule has 0 radical (unpaired) electrons. The van der Waals surface area contributed by atoms with Crippen molar-refractivity contribution in [1.82, 2.24) is 14.8 Å². The number of thioether (sulfide) groups is 1. The molecule has 0 spiro atoms. The standard InChI is InChI=1S/C24H21N5O4S/c1-33-21-13-6-5-12-20(21)23-26-27-24(28(23)15-17-8-3-2-4-9-17)34-16-22(30)25-18-10-7-11-19(14-18)29(31)32/h2-14H,15-16H2,1H3,(H,25,30). The van der Waals surface area contributed by atoms with Gasteiger partial charge in [-0.3, -0.25) is 19.5 Å². The van der Waals surface area contributed by atoms with E-state index in [0.717, 1.165) is 11.1 Å². The maximum absolute atomic E-state index is 12.5. The van der Waals surface area contributed by atoms with Crippen molar-refractivity contribution in [2.24, 2.45) is 0 Å². The lowest BCUT2D eigenvalue weighted by Crippen LogP contribution is -2.15. The summed E-state index contributed by atoms with van der Waals surface area (Å²) in [5.74, 6) is 1.05. The van der Waals surface area contributed by atoms with Gasteiger partial charge in [0.2, 0.25) is 5.91 Å². The number of benzene rings is 3. The molecule has 0 atom stereocenters. The Kier molecular flexibility index (Phi) is 7.19. The monoisotopic (exact) mass is 475 g/mol. The number of nitro groups is 1. The smallest absolute Gasteiger partial charge is 0.271 e. The minimum absolute atomic E-state index is 0.0571. The van der Waals surface area contributed by atoms with Gasteiger partial charge in [-0.1, -0.05) is 60.3 Å². The van der Waals surface area contributed by atoms with Gasteiger partial charge >= 0.3 is 0 Å². The summed E-state index contributed by atoms with van der Waals surface area (Å²) >= 11 is 1.24. The quantitative estimate of drug-likeness (QED) is 0.213. The van der Waals surface area contributed by atoms with Gasteiger partial charge in [-0.15, -0.1) is 10.2 Å². The molecule has 0 fully saturated rings. The lowest BCUT2D eigenvalue weighted by molar-refractivity contribution is -0.384. The molecule has 1 heterocycles. The minimum atomic E-state index is -0.504. The highest BCUT2D eigenvalue weighted by molar-refractivity contribution is 7.99. The number of ether oxygens (including phenoxy) is 1. The predicted molar refractivity (Wildman–Crippen MR) is 130 cm³/mol. The fourth-order valence-electron chi connectivity index (χ4n) is 3.36. The van der Waals surface area contributed by atoms with Crippen LogP contribution in [0.25, 0.3) is 11.4 Å². The topological polar surface area (TPSA) is 112 Å². The summed E-state index contributed by atoms with van der Waals surface area (Å²) in [7, 11) is 1.60. The Labute approximate surface area is 199 Å². The van der Waals surface area contributed by atoms with Crippen LogP contribution in [0.5, 0.6) is 5.75 Å². The first-order chi connectivity index (χ1) is 16.5. The highest BCUT2D eigenvalue weighted by Crippen LogP contribution is 2.31. The third-order valence-corrected chi connectivity index (χ3v) is 5.89. The zero-order valence-corrected chi connectivity index (χ0v) is 19.1. The number of methoxy groups -OCH3 is 1. The SMILES string of the molecule is COc1ccccc1-c1nnc(SCC(=O)Nc2cccc([N+](=O)[O-])c2)n1Cc1ccccc1. The third kappa shape index (κ3) is 5.41. The average Bonchev–Trinajstić information content (AvgIpc) is 3.25. The lowest BCUT2D eigenvalue weighted by Gasteiger charge is -2.12. The number of nitrogens with one attached hydrogen (secondary N) is 1. The van der Waals surface area contributed by atoms with Crippen LogP contribution in [0.2, 0.25) is 0 Å². The Hall–Kier alpha value is -4.18. The summed E-state index contributed by atoms with van der Waals surface area (Å²) < 4.78 is 7.45. The van der Waals surface area contributed by atoms with E-state index in [-0.39, 0.29) is 17.3 Å². The number of hydrogen-bond acceptors (Lipinski definition) is 7. The maximum atomic E-state index is 12.5. The van der Waals surface area contributed by atoms with Gasteiger partial charge in [-0.05, 0) is 23.8 Å². The van der Waals surface area contributed by atoms with Crippen molar-refractivity contribution in [2.75, 3.05) is 18.2 Å². The molecular formula is C24H21N5O4S. The summed E-state index contributed by atoms with van der Waals surface area (Å²) in [5, 5.41) is 22.9. The van der Waals surface area contributed by atoms with Gasteiger partial charge in [0, 0.05) is 17.8 Å². The Morgan fingerprint density at radius 2 is 1.82 bits per heavy atom. The Bertz CT molecular complexity index is 1310. The highest BCUT2D eigenvalue weighted by Gasteiger charge is 2.19. The Morgan fingerprint density at radius 1 is 1.06 bits per heavy atom. The molecule has 4 aromatic rings. The van der Waals surface area contributed by atoms with Crippen LogP contribution in [0.1, 0.15) is 5.56 Å². The second kappa shape index (κ2) is 10.6. The summed E-state index contributed by atoms with van der Waals surface area (Å²) in [4.78, 5) is 23.0. The number of hydrogen-bond donors (Lipinski definition) is 1. The molecule has 0 bridgehead atoms. The normalized spacial score (nSPS) is 10.6. The summed E-state index contributed by atoms with van der Waals surface area (Å²) in [6, 6.07) is 23.3. The highest BCUT2D eigenvalue weighted by atomic mass is 32.2. The Morgan fingerprint density at radius 3 is 2.59 bits per heavy atom. The molecule has 172 valence electrons. The molecule has 0 saturated carbocycles. The van der Waals surface area contributed by atoms with E-state index in [9.17, 15) is 14.9 Å². The second-order valence-electron chi connectivity index (χ2n) is 7.22. The van der Waals surface area contributed by atoms with Gasteiger partial charge in [0.15, 0.2) is 11.0 Å². The zero-order chi connectivity index (χ0) is 23.9. The van der Waals surface area contributed by atoms with Gasteiger partial charge in [-0.2, -0.15) is 0 Å². The second-order valence-corrected chi connectivity index (χ2v) is 8.16. The fraction of sp³-hybridized carbons (Fsp3) is 0.125. The minimum Gasteiger partial charge on any atom is -0.496 e. The maximum Gasteiger partial charge on any atom is 0.271 e. The molecule has 9 nitrogen and oxygen atoms in total. The van der Waals surface area contributed by atoms with Crippen LogP contribution in [0.3, 0.4) is 0 Å². The van der Waals surface area contributed by atoms with Crippen molar-refractivity contribution in [1.29, 1.82) is 0 Å². The van der Waals surface area contributed by atoms with E-state index >= 15 is 0 Å². The van der Waals surface area contributed by atoms with E-state index in [1.807, 2.05) is 59.2 Å². The van der Waals surface area contributed by atoms with Crippen molar-refractivity contribution in [3.05, 3.63) is 94.5 Å². The molecule has 0 aliphatic carbocycles. The van der Waals surface area contributed by atoms with E-state index in [1.165, 1.54) is 30.0 Å². The number of rotatable bonds is 9. The third-order valence-electron chi connectivity index (χ3n) is 4.92. The molecule has 0 aliphatic rings. The molecule has 4 rings (SSSR count). The van der Waals surface area contributed by atoms with Gasteiger partial charge in [-0.25, -0.2) is 0 Å². The van der Waals surface area contributed by atoms with Gasteiger partial charge in [0.1, 0.15) is 5.75 Å². The largest absolute Gasteiger partial charge is 0.496 e. The number of nitro benzene ring substituents is 1. The van der Waals surface area contributed by atoms with Gasteiger partial charge in [0.05, 0.1) is 29.9 Å². The van der Waals surface area contributed by atoms with Crippen molar-refractivity contribution < 1.29 is 14.5 Å². The van der Waals surface area contributed by atoms with E-state index in [1.54, 1.807) is 13.2 Å². The molecule has 1 amide bonds. The van der Waals surface area contributed by atoms with Gasteiger partial charge < -0.3 is 10.1 Å². The van der Waals surface area contributed by atoms with Crippen LogP contribution >= 0.6 is 11.8 Å². The fourth-order valence-corrected chi connectivity index (χ4v) is 4.09. The average molecular weight is 476 g/mol. The van der Waals surface area contributed by atoms with Crippen LogP contribution in [-0.4, -0.2) is 38.5 Å². The Balaban J connectivity index is 1.56. The molecule has 0 unspecified atom stereocenters. The number of carbonyl (C=O) groups is 1. The zero-order valence-electron chi connectivity index (χ0n) is 18.2. The first-order valence-corrected chi connectivity index (χ1v) is 11.3. The van der Waals surface area contributed by atoms with Crippen LogP contribution in [-0.2, 0) is 11.3 Å².